The number of benzene rings is 2. The molecule has 7 heteroatoms. The smallest absolute Gasteiger partial charge is 0.234 e. The van der Waals surface area contributed by atoms with Gasteiger partial charge in [-0.2, -0.15) is 0 Å². The van der Waals surface area contributed by atoms with Crippen molar-refractivity contribution in [3.8, 4) is 23.0 Å². The normalized spacial score (nSPS) is 10.7. The average molecular weight is 402 g/mol. The van der Waals surface area contributed by atoms with E-state index in [9.17, 15) is 9.90 Å². The van der Waals surface area contributed by atoms with E-state index in [1.807, 2.05) is 29.2 Å². The van der Waals surface area contributed by atoms with Crippen molar-refractivity contribution in [1.82, 2.24) is 10.2 Å². The van der Waals surface area contributed by atoms with Gasteiger partial charge in [-0.3, -0.25) is 9.69 Å². The number of aromatic hydroxyl groups is 1. The van der Waals surface area contributed by atoms with Gasteiger partial charge in [-0.05, 0) is 36.7 Å². The van der Waals surface area contributed by atoms with Crippen molar-refractivity contribution in [1.29, 1.82) is 0 Å². The van der Waals surface area contributed by atoms with Crippen LogP contribution in [0.2, 0.25) is 0 Å². The first-order chi connectivity index (χ1) is 14.0. The van der Waals surface area contributed by atoms with Gasteiger partial charge < -0.3 is 24.6 Å². The Morgan fingerprint density at radius 2 is 1.72 bits per heavy atom. The molecule has 0 spiro atoms. The molecule has 29 heavy (non-hydrogen) atoms. The van der Waals surface area contributed by atoms with Crippen molar-refractivity contribution in [3.63, 3.8) is 0 Å². The van der Waals surface area contributed by atoms with E-state index in [1.165, 1.54) is 0 Å². The second kappa shape index (κ2) is 11.2. The molecule has 1 amide bonds. The van der Waals surface area contributed by atoms with Gasteiger partial charge in [0.1, 0.15) is 5.75 Å². The third kappa shape index (κ3) is 6.29. The summed E-state index contributed by atoms with van der Waals surface area (Å²) in [4.78, 5) is 14.5. The molecule has 0 aromatic heterocycles. The molecule has 0 saturated carbocycles. The van der Waals surface area contributed by atoms with Crippen LogP contribution in [0, 0.1) is 0 Å². The predicted octanol–water partition coefficient (Wildman–Crippen LogP) is 2.95. The first-order valence-electron chi connectivity index (χ1n) is 9.57. The summed E-state index contributed by atoms with van der Waals surface area (Å²) in [5.74, 6) is 1.75. The molecule has 2 aromatic rings. The highest BCUT2D eigenvalue weighted by atomic mass is 16.5. The van der Waals surface area contributed by atoms with E-state index in [0.717, 1.165) is 24.1 Å². The van der Waals surface area contributed by atoms with Gasteiger partial charge in [0.15, 0.2) is 11.5 Å². The summed E-state index contributed by atoms with van der Waals surface area (Å²) in [7, 11) is 4.66. The minimum Gasteiger partial charge on any atom is -0.508 e. The Morgan fingerprint density at radius 3 is 2.28 bits per heavy atom. The quantitative estimate of drug-likeness (QED) is 0.602. The van der Waals surface area contributed by atoms with E-state index in [0.29, 0.717) is 30.3 Å². The number of amides is 1. The second-order valence-corrected chi connectivity index (χ2v) is 6.65. The zero-order valence-electron chi connectivity index (χ0n) is 17.5. The molecule has 0 bridgehead atoms. The summed E-state index contributed by atoms with van der Waals surface area (Å²) in [6.07, 6.45) is 0.910. The first kappa shape index (κ1) is 22.4. The number of ether oxygens (including phenoxy) is 3. The van der Waals surface area contributed by atoms with Crippen LogP contribution < -0.4 is 19.5 Å². The van der Waals surface area contributed by atoms with E-state index in [-0.39, 0.29) is 18.2 Å². The van der Waals surface area contributed by atoms with Crippen molar-refractivity contribution >= 4 is 5.91 Å². The zero-order valence-corrected chi connectivity index (χ0v) is 17.5. The van der Waals surface area contributed by atoms with Crippen molar-refractivity contribution in [3.05, 3.63) is 47.5 Å². The third-order valence-electron chi connectivity index (χ3n) is 4.51. The number of phenols is 1. The molecule has 0 aliphatic heterocycles. The summed E-state index contributed by atoms with van der Waals surface area (Å²) in [6, 6.07) is 10.8. The number of carbonyl (C=O) groups excluding carboxylic acids is 1. The summed E-state index contributed by atoms with van der Waals surface area (Å²) in [6.45, 7) is 3.91. The molecule has 2 rings (SSSR count). The SMILES string of the molecule is CCCN(CC(=O)NCc1cc(OC)c(OC)c(OC)c1)Cc1ccccc1O. The van der Waals surface area contributed by atoms with Gasteiger partial charge in [0.25, 0.3) is 0 Å². The van der Waals surface area contributed by atoms with Crippen LogP contribution in [0.15, 0.2) is 36.4 Å². The minimum absolute atomic E-state index is 0.0948. The summed E-state index contributed by atoms with van der Waals surface area (Å²) < 4.78 is 16.0. The van der Waals surface area contributed by atoms with Crippen LogP contribution in [0.5, 0.6) is 23.0 Å². The molecular weight excluding hydrogens is 372 g/mol. The number of nitrogens with one attached hydrogen (secondary N) is 1. The molecule has 158 valence electrons. The van der Waals surface area contributed by atoms with E-state index >= 15 is 0 Å². The molecule has 0 aliphatic rings. The van der Waals surface area contributed by atoms with Crippen LogP contribution in [-0.4, -0.2) is 50.3 Å². The highest BCUT2D eigenvalue weighted by Crippen LogP contribution is 2.38. The van der Waals surface area contributed by atoms with Crippen LogP contribution in [0.25, 0.3) is 0 Å². The van der Waals surface area contributed by atoms with E-state index < -0.39 is 0 Å². The Hall–Kier alpha value is -2.93. The van der Waals surface area contributed by atoms with E-state index in [4.69, 9.17) is 14.2 Å². The Morgan fingerprint density at radius 1 is 1.07 bits per heavy atom. The lowest BCUT2D eigenvalue weighted by Gasteiger charge is -2.22. The topological polar surface area (TPSA) is 80.3 Å². The minimum atomic E-state index is -0.0948. The Bertz CT molecular complexity index is 785. The number of hydrogen-bond acceptors (Lipinski definition) is 6. The molecule has 2 N–H and O–H groups in total. The van der Waals surface area contributed by atoms with Gasteiger partial charge in [0.05, 0.1) is 27.9 Å². The number of hydrogen-bond donors (Lipinski definition) is 2. The lowest BCUT2D eigenvalue weighted by molar-refractivity contribution is -0.122. The number of nitrogens with zero attached hydrogens (tertiary/aromatic N) is 1. The average Bonchev–Trinajstić information content (AvgIpc) is 2.73. The number of methoxy groups -OCH3 is 3. The van der Waals surface area contributed by atoms with Gasteiger partial charge in [-0.15, -0.1) is 0 Å². The standard InChI is InChI=1S/C22H30N2O5/c1-5-10-24(14-17-8-6-7-9-18(17)25)15-21(26)23-13-16-11-19(27-2)22(29-4)20(12-16)28-3/h6-9,11-12,25H,5,10,13-15H2,1-4H3,(H,23,26). The Balaban J connectivity index is 2.01. The number of phenolic OH excluding ortho intramolecular Hbond substituents is 1. The van der Waals surface area contributed by atoms with Gasteiger partial charge in [-0.25, -0.2) is 0 Å². The molecule has 0 heterocycles. The summed E-state index contributed by atoms with van der Waals surface area (Å²) >= 11 is 0. The monoisotopic (exact) mass is 402 g/mol. The highest BCUT2D eigenvalue weighted by Gasteiger charge is 2.15. The maximum absolute atomic E-state index is 12.5. The van der Waals surface area contributed by atoms with E-state index in [1.54, 1.807) is 33.5 Å². The van der Waals surface area contributed by atoms with Crippen LogP contribution in [-0.2, 0) is 17.9 Å². The molecule has 0 radical (unpaired) electrons. The fourth-order valence-electron chi connectivity index (χ4n) is 3.11. The van der Waals surface area contributed by atoms with Gasteiger partial charge in [0.2, 0.25) is 11.7 Å². The summed E-state index contributed by atoms with van der Waals surface area (Å²) in [5, 5.41) is 12.9. The zero-order chi connectivity index (χ0) is 21.2. The fourth-order valence-corrected chi connectivity index (χ4v) is 3.11. The van der Waals surface area contributed by atoms with Gasteiger partial charge in [-0.1, -0.05) is 25.1 Å². The molecule has 2 aromatic carbocycles. The lowest BCUT2D eigenvalue weighted by Crippen LogP contribution is -2.37. The largest absolute Gasteiger partial charge is 0.508 e. The number of carbonyl (C=O) groups is 1. The Labute approximate surface area is 172 Å². The maximum atomic E-state index is 12.5. The number of para-hydroxylation sites is 1. The first-order valence-corrected chi connectivity index (χ1v) is 9.57. The maximum Gasteiger partial charge on any atom is 0.234 e. The molecule has 0 atom stereocenters. The Kier molecular flexibility index (Phi) is 8.61. The van der Waals surface area contributed by atoms with Crippen molar-refractivity contribution in [2.75, 3.05) is 34.4 Å². The molecule has 7 nitrogen and oxygen atoms in total. The van der Waals surface area contributed by atoms with Crippen LogP contribution in [0.4, 0.5) is 0 Å². The number of rotatable bonds is 11. The molecule has 0 unspecified atom stereocenters. The van der Waals surface area contributed by atoms with Crippen molar-refractivity contribution < 1.29 is 24.1 Å². The van der Waals surface area contributed by atoms with Gasteiger partial charge in [0, 0.05) is 18.7 Å². The molecular formula is C22H30N2O5. The van der Waals surface area contributed by atoms with Crippen LogP contribution in [0.1, 0.15) is 24.5 Å². The molecule has 0 aliphatic carbocycles. The lowest BCUT2D eigenvalue weighted by atomic mass is 10.1. The van der Waals surface area contributed by atoms with Crippen molar-refractivity contribution in [2.24, 2.45) is 0 Å². The predicted molar refractivity (Wildman–Crippen MR) is 112 cm³/mol. The summed E-state index contributed by atoms with van der Waals surface area (Å²) in [5.41, 5.74) is 1.65. The van der Waals surface area contributed by atoms with E-state index in [2.05, 4.69) is 12.2 Å². The van der Waals surface area contributed by atoms with Gasteiger partial charge >= 0.3 is 0 Å². The third-order valence-corrected chi connectivity index (χ3v) is 4.51. The highest BCUT2D eigenvalue weighted by molar-refractivity contribution is 5.78. The van der Waals surface area contributed by atoms with Crippen LogP contribution in [0.3, 0.4) is 0 Å². The fraction of sp³-hybridized carbons (Fsp3) is 0.409. The molecule has 0 fully saturated rings. The van der Waals surface area contributed by atoms with Crippen molar-refractivity contribution in [2.45, 2.75) is 26.4 Å². The second-order valence-electron chi connectivity index (χ2n) is 6.65. The molecule has 0 saturated heterocycles. The van der Waals surface area contributed by atoms with Crippen LogP contribution >= 0.6 is 0 Å².